The van der Waals surface area contributed by atoms with Crippen LogP contribution in [-0.2, 0) is 13.1 Å². The number of phenolic OH excluding ortho intramolecular Hbond substituents is 2. The molecule has 0 aliphatic carbocycles. The summed E-state index contributed by atoms with van der Waals surface area (Å²) in [6.45, 7) is 3.41. The molecule has 0 heterocycles. The highest BCUT2D eigenvalue weighted by atomic mass is 16.3. The molecule has 0 aliphatic heterocycles. The molecular formula is C15H17NO2. The molecule has 0 bridgehead atoms. The number of aryl methyl sites for hydroxylation is 1. The molecule has 3 nitrogen and oxygen atoms in total. The molecule has 0 aliphatic rings. The molecule has 0 aromatic heterocycles. The van der Waals surface area contributed by atoms with Gasteiger partial charge in [-0.3, -0.25) is 0 Å². The van der Waals surface area contributed by atoms with Crippen molar-refractivity contribution in [2.45, 2.75) is 20.0 Å². The van der Waals surface area contributed by atoms with Gasteiger partial charge in [-0.15, -0.1) is 0 Å². The van der Waals surface area contributed by atoms with E-state index >= 15 is 0 Å². The van der Waals surface area contributed by atoms with Gasteiger partial charge in [-0.1, -0.05) is 30.3 Å². The van der Waals surface area contributed by atoms with Crippen molar-refractivity contribution in [3.05, 3.63) is 59.2 Å². The lowest BCUT2D eigenvalue weighted by Gasteiger charge is -2.09. The van der Waals surface area contributed by atoms with Crippen molar-refractivity contribution in [1.82, 2.24) is 5.32 Å². The molecule has 18 heavy (non-hydrogen) atoms. The van der Waals surface area contributed by atoms with E-state index in [0.29, 0.717) is 6.54 Å². The molecule has 0 amide bonds. The fourth-order valence-corrected chi connectivity index (χ4v) is 1.84. The lowest BCUT2D eigenvalue weighted by Crippen LogP contribution is -2.13. The van der Waals surface area contributed by atoms with Gasteiger partial charge in [0.1, 0.15) is 11.5 Å². The molecule has 3 N–H and O–H groups in total. The maximum absolute atomic E-state index is 9.64. The maximum atomic E-state index is 9.64. The van der Waals surface area contributed by atoms with E-state index in [1.54, 1.807) is 12.1 Å². The van der Waals surface area contributed by atoms with E-state index in [2.05, 4.69) is 24.4 Å². The minimum absolute atomic E-state index is 0.0788. The van der Waals surface area contributed by atoms with E-state index in [1.165, 1.54) is 17.2 Å². The Balaban J connectivity index is 1.95. The summed E-state index contributed by atoms with van der Waals surface area (Å²) in [4.78, 5) is 0. The van der Waals surface area contributed by atoms with E-state index < -0.39 is 0 Å². The third-order valence-electron chi connectivity index (χ3n) is 2.96. The fraction of sp³-hybridized carbons (Fsp3) is 0.200. The van der Waals surface area contributed by atoms with Gasteiger partial charge in [-0.05, 0) is 24.1 Å². The normalized spacial score (nSPS) is 10.5. The van der Waals surface area contributed by atoms with Crippen molar-refractivity contribution < 1.29 is 10.2 Å². The second-order valence-corrected chi connectivity index (χ2v) is 4.34. The van der Waals surface area contributed by atoms with E-state index in [-0.39, 0.29) is 11.5 Å². The van der Waals surface area contributed by atoms with Gasteiger partial charge in [-0.2, -0.15) is 0 Å². The molecule has 0 saturated carbocycles. The van der Waals surface area contributed by atoms with Crippen LogP contribution in [0.4, 0.5) is 0 Å². The van der Waals surface area contributed by atoms with Crippen molar-refractivity contribution in [2.24, 2.45) is 0 Å². The molecule has 0 atom stereocenters. The molecule has 2 rings (SSSR count). The fourth-order valence-electron chi connectivity index (χ4n) is 1.84. The SMILES string of the molecule is Cc1ccccc1CNCc1ccc(O)cc1O. The third-order valence-corrected chi connectivity index (χ3v) is 2.96. The Bertz CT molecular complexity index is 538. The summed E-state index contributed by atoms with van der Waals surface area (Å²) in [6, 6.07) is 12.8. The summed E-state index contributed by atoms with van der Waals surface area (Å²) >= 11 is 0. The Labute approximate surface area is 107 Å². The maximum Gasteiger partial charge on any atom is 0.123 e. The molecule has 2 aromatic rings. The summed E-state index contributed by atoms with van der Waals surface area (Å²) < 4.78 is 0. The number of nitrogens with one attached hydrogen (secondary N) is 1. The van der Waals surface area contributed by atoms with Crippen LogP contribution in [0.15, 0.2) is 42.5 Å². The third kappa shape index (κ3) is 3.02. The first kappa shape index (κ1) is 12.5. The van der Waals surface area contributed by atoms with E-state index in [1.807, 2.05) is 12.1 Å². The molecule has 0 unspecified atom stereocenters. The van der Waals surface area contributed by atoms with E-state index in [4.69, 9.17) is 0 Å². The van der Waals surface area contributed by atoms with Gasteiger partial charge >= 0.3 is 0 Å². The molecule has 2 aromatic carbocycles. The zero-order valence-electron chi connectivity index (χ0n) is 10.4. The highest BCUT2D eigenvalue weighted by molar-refractivity contribution is 5.38. The minimum atomic E-state index is 0.0788. The van der Waals surface area contributed by atoms with Crippen molar-refractivity contribution >= 4 is 0 Å². The van der Waals surface area contributed by atoms with Crippen LogP contribution >= 0.6 is 0 Å². The van der Waals surface area contributed by atoms with Crippen LogP contribution in [0.3, 0.4) is 0 Å². The molecule has 94 valence electrons. The van der Waals surface area contributed by atoms with Crippen LogP contribution in [0, 0.1) is 6.92 Å². The van der Waals surface area contributed by atoms with Gasteiger partial charge in [-0.25, -0.2) is 0 Å². The van der Waals surface area contributed by atoms with Crippen molar-refractivity contribution in [3.63, 3.8) is 0 Å². The summed E-state index contributed by atoms with van der Waals surface area (Å²) in [5.41, 5.74) is 3.28. The van der Waals surface area contributed by atoms with Crippen molar-refractivity contribution in [3.8, 4) is 11.5 Å². The molecular weight excluding hydrogens is 226 g/mol. The number of hydrogen-bond donors (Lipinski definition) is 3. The van der Waals surface area contributed by atoms with E-state index in [9.17, 15) is 10.2 Å². The Kier molecular flexibility index (Phi) is 3.85. The minimum Gasteiger partial charge on any atom is -0.508 e. The highest BCUT2D eigenvalue weighted by Crippen LogP contribution is 2.22. The molecule has 0 radical (unpaired) electrons. The Hall–Kier alpha value is -2.00. The smallest absolute Gasteiger partial charge is 0.123 e. The van der Waals surface area contributed by atoms with Gasteiger partial charge < -0.3 is 15.5 Å². The standard InChI is InChI=1S/C15H17NO2/c1-11-4-2-3-5-12(11)9-16-10-13-6-7-14(17)8-15(13)18/h2-8,16-18H,9-10H2,1H3. The molecule has 3 heteroatoms. The average Bonchev–Trinajstić information content (AvgIpc) is 2.34. The second kappa shape index (κ2) is 5.56. The second-order valence-electron chi connectivity index (χ2n) is 4.34. The Morgan fingerprint density at radius 3 is 2.39 bits per heavy atom. The van der Waals surface area contributed by atoms with Gasteiger partial charge in [0, 0.05) is 24.7 Å². The van der Waals surface area contributed by atoms with E-state index in [0.717, 1.165) is 12.1 Å². The summed E-state index contributed by atoms with van der Waals surface area (Å²) in [5.74, 6) is 0.197. The molecule has 0 spiro atoms. The topological polar surface area (TPSA) is 52.5 Å². The van der Waals surface area contributed by atoms with Gasteiger partial charge in [0.25, 0.3) is 0 Å². The van der Waals surface area contributed by atoms with Crippen LogP contribution < -0.4 is 5.32 Å². The van der Waals surface area contributed by atoms with Crippen molar-refractivity contribution in [1.29, 1.82) is 0 Å². The molecule has 0 fully saturated rings. The summed E-state index contributed by atoms with van der Waals surface area (Å²) in [5, 5.41) is 22.1. The first-order valence-corrected chi connectivity index (χ1v) is 5.93. The Morgan fingerprint density at radius 1 is 0.944 bits per heavy atom. The Morgan fingerprint density at radius 2 is 1.67 bits per heavy atom. The van der Waals surface area contributed by atoms with Gasteiger partial charge in [0.15, 0.2) is 0 Å². The highest BCUT2D eigenvalue weighted by Gasteiger charge is 2.02. The number of phenols is 2. The van der Waals surface area contributed by atoms with Crippen LogP contribution in [0.2, 0.25) is 0 Å². The number of benzene rings is 2. The van der Waals surface area contributed by atoms with Crippen LogP contribution in [0.5, 0.6) is 11.5 Å². The average molecular weight is 243 g/mol. The predicted octanol–water partition coefficient (Wildman–Crippen LogP) is 2.70. The zero-order chi connectivity index (χ0) is 13.0. The number of hydrogen-bond acceptors (Lipinski definition) is 3. The van der Waals surface area contributed by atoms with Crippen LogP contribution in [-0.4, -0.2) is 10.2 Å². The van der Waals surface area contributed by atoms with Gasteiger partial charge in [0.05, 0.1) is 0 Å². The van der Waals surface area contributed by atoms with Crippen molar-refractivity contribution in [2.75, 3.05) is 0 Å². The molecule has 0 saturated heterocycles. The summed E-state index contributed by atoms with van der Waals surface area (Å²) in [6.07, 6.45) is 0. The first-order chi connectivity index (χ1) is 8.66. The quantitative estimate of drug-likeness (QED) is 0.774. The summed E-state index contributed by atoms with van der Waals surface area (Å²) in [7, 11) is 0. The van der Waals surface area contributed by atoms with Crippen LogP contribution in [0.25, 0.3) is 0 Å². The number of aromatic hydroxyl groups is 2. The lowest BCUT2D eigenvalue weighted by molar-refractivity contribution is 0.443. The van der Waals surface area contributed by atoms with Crippen LogP contribution in [0.1, 0.15) is 16.7 Å². The predicted molar refractivity (Wildman–Crippen MR) is 71.5 cm³/mol. The van der Waals surface area contributed by atoms with Gasteiger partial charge in [0.2, 0.25) is 0 Å². The lowest BCUT2D eigenvalue weighted by atomic mass is 10.1. The zero-order valence-corrected chi connectivity index (χ0v) is 10.4. The number of rotatable bonds is 4. The first-order valence-electron chi connectivity index (χ1n) is 5.93. The monoisotopic (exact) mass is 243 g/mol. The largest absolute Gasteiger partial charge is 0.508 e.